The van der Waals surface area contributed by atoms with E-state index < -0.39 is 138 Å². The number of fused-ring (bicyclic) bond motifs is 3. The predicted molar refractivity (Wildman–Crippen MR) is 376 cm³/mol. The number of carboxylic acid groups (broad SMARTS) is 1. The van der Waals surface area contributed by atoms with E-state index in [1.165, 1.54) is 114 Å². The molecule has 0 bridgehead atoms. The van der Waals surface area contributed by atoms with Gasteiger partial charge in [0.15, 0.2) is 0 Å². The number of carbonyl (C=O) groups is 12. The molecule has 99 heavy (non-hydrogen) atoms. The van der Waals surface area contributed by atoms with Crippen LogP contribution in [0.5, 0.6) is 0 Å². The number of ether oxygens (including phenoxy) is 1. The van der Waals surface area contributed by atoms with Crippen molar-refractivity contribution < 1.29 is 67.4 Å². The Balaban J connectivity index is 1.29. The number of carbonyl (C=O) groups excluding carboxylic acids is 11. The second-order valence-electron chi connectivity index (χ2n) is 28.4. The van der Waals surface area contributed by atoms with E-state index in [1.807, 2.05) is 90.1 Å². The highest BCUT2D eigenvalue weighted by Crippen LogP contribution is 2.44. The summed E-state index contributed by atoms with van der Waals surface area (Å²) in [5.41, 5.74) is 4.87. The molecular weight excluding hydrogens is 1270 g/mol. The molecule has 11 amide bonds. The van der Waals surface area contributed by atoms with Crippen LogP contribution < -0.4 is 16.0 Å². The first-order valence-corrected chi connectivity index (χ1v) is 34.5. The lowest BCUT2D eigenvalue weighted by Gasteiger charge is -2.38. The van der Waals surface area contributed by atoms with Gasteiger partial charge < -0.3 is 60.1 Å². The van der Waals surface area contributed by atoms with Crippen molar-refractivity contribution in [3.8, 4) is 11.1 Å². The van der Waals surface area contributed by atoms with Crippen molar-refractivity contribution in [2.45, 2.75) is 193 Å². The van der Waals surface area contributed by atoms with E-state index in [9.17, 15) is 53.1 Å². The van der Waals surface area contributed by atoms with E-state index in [0.717, 1.165) is 44.9 Å². The van der Waals surface area contributed by atoms with Crippen LogP contribution in [-0.2, 0) is 63.9 Å². The quantitative estimate of drug-likeness (QED) is 0.0555. The minimum absolute atomic E-state index is 0.0195. The van der Waals surface area contributed by atoms with Crippen LogP contribution in [0.15, 0.2) is 78.9 Å². The Morgan fingerprint density at radius 2 is 0.909 bits per heavy atom. The van der Waals surface area contributed by atoms with Crippen molar-refractivity contribution in [3.05, 3.63) is 95.6 Å². The second-order valence-corrected chi connectivity index (χ2v) is 28.4. The molecule has 3 aromatic carbocycles. The minimum Gasteiger partial charge on any atom is -0.480 e. The Morgan fingerprint density at radius 3 is 1.42 bits per heavy atom. The van der Waals surface area contributed by atoms with E-state index >= 15 is 9.59 Å². The van der Waals surface area contributed by atoms with E-state index in [4.69, 9.17) is 4.74 Å². The summed E-state index contributed by atoms with van der Waals surface area (Å²) in [5, 5.41) is 18.5. The topological polar surface area (TPSA) is 296 Å². The molecule has 0 radical (unpaired) electrons. The van der Waals surface area contributed by atoms with Crippen LogP contribution in [0.3, 0.4) is 0 Å². The maximum Gasteiger partial charge on any atom is 0.410 e. The number of carboxylic acids is 1. The Labute approximate surface area is 585 Å². The van der Waals surface area contributed by atoms with Crippen molar-refractivity contribution in [3.63, 3.8) is 0 Å². The molecule has 25 heteroatoms. The number of rotatable bonds is 33. The fourth-order valence-corrected chi connectivity index (χ4v) is 13.2. The van der Waals surface area contributed by atoms with Crippen LogP contribution in [0.4, 0.5) is 4.79 Å². The highest BCUT2D eigenvalue weighted by Gasteiger charge is 2.44. The standard InChI is InChI=1S/C74H109N11O14/c1-43(2)37-57(70(93)79(13)48(9)64(87)75-47(8)68(91)85(19)63(51-31-23-24-32-51)72(95)84(18)61(73(96)97)41-62(86)78(11)12)77-66(89)59(40-50-29-21-20-22-30-50)82(16)71(94)60(39-45(5)6)83(17)67(90)46(7)76-65(88)58(38-44(3)4)81(15)69(92)49(10)80(14)74(98)99-42-56-54-35-27-25-33-52(54)53-34-26-28-36-55(53)56/h20-22,25-30,33-36,43-49,51,56-61,63H,23-24,31-32,37-42H2,1-19H3,(H,75,87)(H,76,88)(H,77,89)(H,96,97)/t46-,47-,48-,49-,57-,58-,59-,60-,61?,63-/m0/s1. The number of likely N-dealkylation sites (N-methyl/N-ethyl adjacent to an activating group) is 7. The predicted octanol–water partition coefficient (Wildman–Crippen LogP) is 5.87. The van der Waals surface area contributed by atoms with Gasteiger partial charge in [-0.25, -0.2) is 9.59 Å². The zero-order chi connectivity index (χ0) is 74.2. The lowest BCUT2D eigenvalue weighted by molar-refractivity contribution is -0.156. The van der Waals surface area contributed by atoms with Gasteiger partial charge in [-0.3, -0.25) is 52.8 Å². The molecule has 2 aliphatic carbocycles. The summed E-state index contributed by atoms with van der Waals surface area (Å²) in [5.74, 6) is -8.74. The summed E-state index contributed by atoms with van der Waals surface area (Å²) >= 11 is 0. The Morgan fingerprint density at radius 1 is 0.455 bits per heavy atom. The van der Waals surface area contributed by atoms with E-state index in [0.29, 0.717) is 18.4 Å². The summed E-state index contributed by atoms with van der Waals surface area (Å²) in [6.07, 6.45) is 1.92. The highest BCUT2D eigenvalue weighted by atomic mass is 16.6. The number of benzene rings is 3. The van der Waals surface area contributed by atoms with Gasteiger partial charge in [0.1, 0.15) is 67.0 Å². The molecule has 0 saturated heterocycles. The van der Waals surface area contributed by atoms with Gasteiger partial charge in [0, 0.05) is 75.8 Å². The normalized spacial score (nSPS) is 15.8. The molecule has 0 spiro atoms. The first kappa shape index (κ1) is 80.8. The van der Waals surface area contributed by atoms with Crippen molar-refractivity contribution in [1.29, 1.82) is 0 Å². The maximum atomic E-state index is 15.2. The van der Waals surface area contributed by atoms with Crippen molar-refractivity contribution in [2.75, 3.05) is 70.0 Å². The molecule has 10 atom stereocenters. The number of hydrogen-bond donors (Lipinski definition) is 4. The average Bonchev–Trinajstić information content (AvgIpc) is 1.63. The Hall–Kier alpha value is -8.90. The van der Waals surface area contributed by atoms with Gasteiger partial charge in [0.2, 0.25) is 59.1 Å². The van der Waals surface area contributed by atoms with E-state index in [-0.39, 0.29) is 61.9 Å². The first-order valence-electron chi connectivity index (χ1n) is 34.5. The first-order chi connectivity index (χ1) is 46.4. The molecule has 2 aliphatic rings. The monoisotopic (exact) mass is 1380 g/mol. The fourth-order valence-electron chi connectivity index (χ4n) is 13.2. The molecular formula is C74H109N11O14. The van der Waals surface area contributed by atoms with Crippen LogP contribution in [0, 0.1) is 23.7 Å². The molecule has 4 N–H and O–H groups in total. The number of nitrogens with one attached hydrogen (secondary N) is 3. The number of nitrogens with zero attached hydrogens (tertiary/aromatic N) is 8. The molecule has 1 unspecified atom stereocenters. The van der Waals surface area contributed by atoms with Crippen LogP contribution in [0.25, 0.3) is 11.1 Å². The van der Waals surface area contributed by atoms with Crippen molar-refractivity contribution in [2.24, 2.45) is 23.7 Å². The van der Waals surface area contributed by atoms with Gasteiger partial charge in [-0.05, 0) is 111 Å². The van der Waals surface area contributed by atoms with Gasteiger partial charge in [0.05, 0.1) is 6.42 Å². The lowest BCUT2D eigenvalue weighted by atomic mass is 9.94. The van der Waals surface area contributed by atoms with Crippen molar-refractivity contribution >= 4 is 71.1 Å². The maximum absolute atomic E-state index is 15.2. The molecule has 544 valence electrons. The average molecular weight is 1380 g/mol. The van der Waals surface area contributed by atoms with Crippen LogP contribution in [0.1, 0.15) is 143 Å². The SMILES string of the molecule is CC(C)C[C@H](NC(=O)[C@H](Cc1ccccc1)N(C)C(=O)[C@H](CC(C)C)N(C)C(=O)[C@H](C)NC(=O)[C@H](CC(C)C)N(C)C(=O)[C@H](C)N(C)C(=O)OCC1c2ccccc2-c2ccccc21)C(=O)N(C)[C@@H](C)C(=O)N[C@@H](C)C(=O)N(C)[C@H](C(=O)N(C)C(CC(=O)N(C)C)C(=O)O)C1CCCC1. The number of aliphatic carboxylic acids is 1. The minimum atomic E-state index is -1.51. The molecule has 3 aromatic rings. The van der Waals surface area contributed by atoms with Crippen LogP contribution in [-0.4, -0.2) is 246 Å². The van der Waals surface area contributed by atoms with Crippen LogP contribution >= 0.6 is 0 Å². The van der Waals surface area contributed by atoms with E-state index in [2.05, 4.69) is 16.0 Å². The molecule has 1 fully saturated rings. The molecule has 1 saturated carbocycles. The van der Waals surface area contributed by atoms with Gasteiger partial charge >= 0.3 is 12.1 Å². The Bertz CT molecular complexity index is 3310. The second kappa shape index (κ2) is 36.3. The molecule has 25 nitrogen and oxygen atoms in total. The summed E-state index contributed by atoms with van der Waals surface area (Å²) in [4.78, 5) is 179. The summed E-state index contributed by atoms with van der Waals surface area (Å²) in [6, 6.07) is 12.7. The van der Waals surface area contributed by atoms with Crippen molar-refractivity contribution in [1.82, 2.24) is 55.1 Å². The van der Waals surface area contributed by atoms with E-state index in [1.54, 1.807) is 37.3 Å². The van der Waals surface area contributed by atoms with Gasteiger partial charge in [-0.1, -0.05) is 133 Å². The molecule has 5 rings (SSSR count). The highest BCUT2D eigenvalue weighted by molar-refractivity contribution is 5.99. The number of hydrogen-bond acceptors (Lipinski definition) is 13. The summed E-state index contributed by atoms with van der Waals surface area (Å²) in [7, 11) is 12.9. The molecule has 0 aromatic heterocycles. The molecule has 0 aliphatic heterocycles. The van der Waals surface area contributed by atoms with Crippen LogP contribution in [0.2, 0.25) is 0 Å². The Kier molecular flexibility index (Phi) is 29.6. The van der Waals surface area contributed by atoms with Gasteiger partial charge in [-0.15, -0.1) is 0 Å². The number of amides is 11. The van der Waals surface area contributed by atoms with Gasteiger partial charge in [0.25, 0.3) is 0 Å². The largest absolute Gasteiger partial charge is 0.480 e. The summed E-state index contributed by atoms with van der Waals surface area (Å²) in [6.45, 7) is 17.2. The third-order valence-corrected chi connectivity index (χ3v) is 19.5. The lowest BCUT2D eigenvalue weighted by Crippen LogP contribution is -2.61. The smallest absolute Gasteiger partial charge is 0.410 e. The zero-order valence-electron chi connectivity index (χ0n) is 61.6. The third-order valence-electron chi connectivity index (χ3n) is 19.5. The van der Waals surface area contributed by atoms with Gasteiger partial charge in [-0.2, -0.15) is 0 Å². The third kappa shape index (κ3) is 20.6. The zero-order valence-corrected chi connectivity index (χ0v) is 61.6. The molecule has 0 heterocycles. The summed E-state index contributed by atoms with van der Waals surface area (Å²) < 4.78 is 5.86. The fraction of sp³-hybridized carbons (Fsp3) is 0.595.